The van der Waals surface area contributed by atoms with Gasteiger partial charge in [-0.05, 0) is 61.9 Å². The van der Waals surface area contributed by atoms with Crippen molar-refractivity contribution in [3.8, 4) is 0 Å². The fourth-order valence-electron chi connectivity index (χ4n) is 4.94. The number of carbonyl (C=O) groups excluding carboxylic acids is 2. The summed E-state index contributed by atoms with van der Waals surface area (Å²) < 4.78 is 0. The first kappa shape index (κ1) is 24.4. The van der Waals surface area contributed by atoms with Crippen LogP contribution in [0.4, 0.5) is 5.69 Å². The number of pyridine rings is 1. The third-order valence-electron chi connectivity index (χ3n) is 7.30. The van der Waals surface area contributed by atoms with E-state index in [0.29, 0.717) is 5.56 Å². The van der Waals surface area contributed by atoms with Gasteiger partial charge in [0, 0.05) is 29.7 Å². The first-order chi connectivity index (χ1) is 16.2. The number of hydrogen-bond donors (Lipinski definition) is 2. The van der Waals surface area contributed by atoms with Crippen LogP contribution in [-0.2, 0) is 15.0 Å². The van der Waals surface area contributed by atoms with E-state index in [4.69, 9.17) is 0 Å². The fourth-order valence-corrected chi connectivity index (χ4v) is 4.94. The van der Waals surface area contributed by atoms with Crippen LogP contribution < -0.4 is 15.5 Å². The average Bonchev–Trinajstić information content (AvgIpc) is 2.81. The molecule has 34 heavy (non-hydrogen) atoms. The van der Waals surface area contributed by atoms with Crippen LogP contribution >= 0.6 is 0 Å². The first-order valence-electron chi connectivity index (χ1n) is 12.6. The Bertz CT molecular complexity index is 987. The summed E-state index contributed by atoms with van der Waals surface area (Å²) >= 11 is 0. The zero-order valence-electron chi connectivity index (χ0n) is 20.9. The van der Waals surface area contributed by atoms with E-state index in [2.05, 4.69) is 48.5 Å². The summed E-state index contributed by atoms with van der Waals surface area (Å²) in [5.41, 5.74) is 1.93. The molecule has 0 bridgehead atoms. The van der Waals surface area contributed by atoms with Gasteiger partial charge < -0.3 is 10.6 Å². The molecule has 1 saturated heterocycles. The summed E-state index contributed by atoms with van der Waals surface area (Å²) in [5, 5.41) is 6.56. The highest BCUT2D eigenvalue weighted by Gasteiger charge is 2.46. The molecule has 1 aromatic heterocycles. The smallest absolute Gasteiger partial charge is 0.248 e. The van der Waals surface area contributed by atoms with Crippen LogP contribution in [0.25, 0.3) is 0 Å². The molecule has 6 nitrogen and oxygen atoms in total. The van der Waals surface area contributed by atoms with Crippen LogP contribution in [0.5, 0.6) is 0 Å². The molecule has 182 valence electrons. The van der Waals surface area contributed by atoms with E-state index in [0.717, 1.165) is 44.3 Å². The van der Waals surface area contributed by atoms with E-state index in [1.807, 2.05) is 31.2 Å². The second kappa shape index (κ2) is 9.87. The van der Waals surface area contributed by atoms with Crippen molar-refractivity contribution in [2.75, 3.05) is 11.4 Å². The standard InChI is InChI=1S/C28H38N4O2/c1-27(2,3)21-12-14-23(15-13-21)32(26(34)28(4)16-18-30-28)24(20-9-8-17-29-19-20)25(33)31-22-10-6-5-7-11-22/h8-9,12-15,17,19,22,24,30H,5-7,10-11,16,18H2,1-4H3,(H,31,33)/t24?,28-/m1/s1. The Balaban J connectivity index is 1.75. The van der Waals surface area contributed by atoms with Crippen molar-refractivity contribution in [3.63, 3.8) is 0 Å². The summed E-state index contributed by atoms with van der Waals surface area (Å²) in [4.78, 5) is 33.8. The van der Waals surface area contributed by atoms with Gasteiger partial charge in [-0.25, -0.2) is 0 Å². The van der Waals surface area contributed by atoms with Gasteiger partial charge in [-0.1, -0.05) is 58.2 Å². The highest BCUT2D eigenvalue weighted by atomic mass is 16.2. The lowest BCUT2D eigenvalue weighted by Crippen LogP contribution is -2.65. The molecular formula is C28H38N4O2. The third kappa shape index (κ3) is 5.17. The van der Waals surface area contributed by atoms with Gasteiger partial charge in [0.1, 0.15) is 6.04 Å². The number of carbonyl (C=O) groups is 2. The number of nitrogens with zero attached hydrogens (tertiary/aromatic N) is 2. The second-order valence-electron chi connectivity index (χ2n) is 11.0. The summed E-state index contributed by atoms with van der Waals surface area (Å²) in [6, 6.07) is 11.1. The SMILES string of the molecule is CC(C)(C)c1ccc(N(C(=O)[C@@]2(C)CCN2)C(C(=O)NC2CCCCC2)c2cccnc2)cc1. The molecule has 2 amide bonds. The molecule has 1 saturated carbocycles. The minimum Gasteiger partial charge on any atom is -0.351 e. The molecule has 2 N–H and O–H groups in total. The van der Waals surface area contributed by atoms with Gasteiger partial charge in [-0.2, -0.15) is 0 Å². The van der Waals surface area contributed by atoms with Crippen molar-refractivity contribution >= 4 is 17.5 Å². The quantitative estimate of drug-likeness (QED) is 0.655. The number of rotatable bonds is 6. The predicted molar refractivity (Wildman–Crippen MR) is 136 cm³/mol. The largest absolute Gasteiger partial charge is 0.351 e. The van der Waals surface area contributed by atoms with Gasteiger partial charge in [-0.15, -0.1) is 0 Å². The van der Waals surface area contributed by atoms with Gasteiger partial charge in [-0.3, -0.25) is 19.5 Å². The summed E-state index contributed by atoms with van der Waals surface area (Å²) in [6.45, 7) is 9.22. The van der Waals surface area contributed by atoms with Crippen molar-refractivity contribution in [2.24, 2.45) is 0 Å². The van der Waals surface area contributed by atoms with Crippen molar-refractivity contribution in [2.45, 2.75) is 89.3 Å². The summed E-state index contributed by atoms with van der Waals surface area (Å²) in [5.74, 6) is -0.231. The fraction of sp³-hybridized carbons (Fsp3) is 0.536. The first-order valence-corrected chi connectivity index (χ1v) is 12.6. The lowest BCUT2D eigenvalue weighted by molar-refractivity contribution is -0.131. The van der Waals surface area contributed by atoms with E-state index in [9.17, 15) is 9.59 Å². The highest BCUT2D eigenvalue weighted by molar-refractivity contribution is 6.06. The molecule has 1 unspecified atom stereocenters. The van der Waals surface area contributed by atoms with Crippen LogP contribution in [0.3, 0.4) is 0 Å². The molecule has 0 radical (unpaired) electrons. The van der Waals surface area contributed by atoms with Gasteiger partial charge >= 0.3 is 0 Å². The summed E-state index contributed by atoms with van der Waals surface area (Å²) in [6.07, 6.45) is 9.57. The zero-order valence-corrected chi connectivity index (χ0v) is 20.9. The molecule has 2 aromatic rings. The number of aromatic nitrogens is 1. The topological polar surface area (TPSA) is 74.3 Å². The molecule has 2 atom stereocenters. The molecule has 4 rings (SSSR count). The van der Waals surface area contributed by atoms with Crippen LogP contribution in [0.1, 0.15) is 83.4 Å². The number of amides is 2. The minimum atomic E-state index is -0.789. The number of anilines is 1. The Labute approximate surface area is 203 Å². The van der Waals surface area contributed by atoms with Crippen molar-refractivity contribution in [1.82, 2.24) is 15.6 Å². The maximum Gasteiger partial charge on any atom is 0.248 e. The lowest BCUT2D eigenvalue weighted by Gasteiger charge is -2.44. The van der Waals surface area contributed by atoms with Crippen LogP contribution in [0, 0.1) is 0 Å². The third-order valence-corrected chi connectivity index (χ3v) is 7.30. The Morgan fingerprint density at radius 1 is 1.12 bits per heavy atom. The number of benzene rings is 1. The predicted octanol–water partition coefficient (Wildman–Crippen LogP) is 4.65. The van der Waals surface area contributed by atoms with Gasteiger partial charge in [0.05, 0.1) is 5.54 Å². The summed E-state index contributed by atoms with van der Waals surface area (Å²) in [7, 11) is 0. The van der Waals surface area contributed by atoms with E-state index in [1.54, 1.807) is 17.3 Å². The molecule has 0 spiro atoms. The van der Waals surface area contributed by atoms with Gasteiger partial charge in [0.25, 0.3) is 0 Å². The molecule has 2 heterocycles. The van der Waals surface area contributed by atoms with Crippen LogP contribution in [0.15, 0.2) is 48.8 Å². The van der Waals surface area contributed by atoms with E-state index in [1.165, 1.54) is 12.0 Å². The Kier molecular flexibility index (Phi) is 7.08. The molecule has 1 aliphatic heterocycles. The highest BCUT2D eigenvalue weighted by Crippen LogP contribution is 2.34. The van der Waals surface area contributed by atoms with Crippen molar-refractivity contribution in [3.05, 3.63) is 59.9 Å². The van der Waals surface area contributed by atoms with Crippen molar-refractivity contribution < 1.29 is 9.59 Å². The monoisotopic (exact) mass is 462 g/mol. The lowest BCUT2D eigenvalue weighted by atomic mass is 9.85. The van der Waals surface area contributed by atoms with E-state index < -0.39 is 11.6 Å². The molecule has 2 aliphatic rings. The van der Waals surface area contributed by atoms with Crippen molar-refractivity contribution in [1.29, 1.82) is 0 Å². The Morgan fingerprint density at radius 3 is 2.32 bits per heavy atom. The zero-order chi connectivity index (χ0) is 24.3. The maximum absolute atomic E-state index is 14.0. The van der Waals surface area contributed by atoms with Gasteiger partial charge in [0.15, 0.2) is 0 Å². The van der Waals surface area contributed by atoms with Crippen LogP contribution in [-0.4, -0.2) is 34.9 Å². The maximum atomic E-state index is 14.0. The Morgan fingerprint density at radius 2 is 1.79 bits per heavy atom. The number of nitrogens with one attached hydrogen (secondary N) is 2. The minimum absolute atomic E-state index is 0.00398. The molecule has 1 aromatic carbocycles. The molecular weight excluding hydrogens is 424 g/mol. The molecule has 2 fully saturated rings. The normalized spacial score (nSPS) is 21.9. The van der Waals surface area contributed by atoms with Gasteiger partial charge in [0.2, 0.25) is 11.8 Å². The molecule has 1 aliphatic carbocycles. The Hall–Kier alpha value is -2.73. The van der Waals surface area contributed by atoms with E-state index in [-0.39, 0.29) is 23.3 Å². The second-order valence-corrected chi connectivity index (χ2v) is 11.0. The van der Waals surface area contributed by atoms with E-state index >= 15 is 0 Å². The van der Waals surface area contributed by atoms with Crippen LogP contribution in [0.2, 0.25) is 0 Å². The number of hydrogen-bond acceptors (Lipinski definition) is 4. The molecule has 6 heteroatoms. The average molecular weight is 463 g/mol.